The molecule has 1 heterocycles. The van der Waals surface area contributed by atoms with Crippen LogP contribution in [0.5, 0.6) is 0 Å². The van der Waals surface area contributed by atoms with Gasteiger partial charge in [0.15, 0.2) is 5.69 Å². The highest BCUT2D eigenvalue weighted by Gasteiger charge is 2.16. The highest BCUT2D eigenvalue weighted by molar-refractivity contribution is 5.93. The first-order valence-electron chi connectivity index (χ1n) is 6.39. The van der Waals surface area contributed by atoms with Crippen molar-refractivity contribution in [3.8, 4) is 6.07 Å². The summed E-state index contributed by atoms with van der Waals surface area (Å²) in [5.41, 5.74) is 1.08. The molecule has 0 fully saturated rings. The predicted molar refractivity (Wildman–Crippen MR) is 77.5 cm³/mol. The van der Waals surface area contributed by atoms with Gasteiger partial charge in [0.05, 0.1) is 23.1 Å². The van der Waals surface area contributed by atoms with Gasteiger partial charge in [-0.1, -0.05) is 26.0 Å². The van der Waals surface area contributed by atoms with Crippen LogP contribution in [0, 0.1) is 11.3 Å². The average Bonchev–Trinajstić information content (AvgIpc) is 2.47. The number of hydrogen-bond donors (Lipinski definition) is 2. The number of carboxylic acid groups (broad SMARTS) is 1. The number of nitrogens with zero attached hydrogens (tertiary/aromatic N) is 3. The maximum absolute atomic E-state index is 11.3. The van der Waals surface area contributed by atoms with E-state index < -0.39 is 5.97 Å². The Morgan fingerprint density at radius 1 is 1.33 bits per heavy atom. The monoisotopic (exact) mass is 282 g/mol. The summed E-state index contributed by atoms with van der Waals surface area (Å²) < 4.78 is 0. The Labute approximate surface area is 122 Å². The quantitative estimate of drug-likeness (QED) is 0.894. The van der Waals surface area contributed by atoms with E-state index in [2.05, 4.69) is 15.3 Å². The van der Waals surface area contributed by atoms with Crippen LogP contribution >= 0.6 is 0 Å². The predicted octanol–water partition coefficient (Wildman–Crippen LogP) is 2.91. The third kappa shape index (κ3) is 3.15. The molecule has 0 aliphatic heterocycles. The molecule has 0 bridgehead atoms. The van der Waals surface area contributed by atoms with E-state index in [-0.39, 0.29) is 17.3 Å². The van der Waals surface area contributed by atoms with Crippen molar-refractivity contribution in [3.05, 3.63) is 47.5 Å². The topological polar surface area (TPSA) is 98.9 Å². The van der Waals surface area contributed by atoms with Gasteiger partial charge in [0.1, 0.15) is 11.9 Å². The van der Waals surface area contributed by atoms with Crippen LogP contribution < -0.4 is 5.32 Å². The number of benzene rings is 1. The zero-order valence-electron chi connectivity index (χ0n) is 11.7. The van der Waals surface area contributed by atoms with Gasteiger partial charge in [-0.05, 0) is 12.1 Å². The van der Waals surface area contributed by atoms with Gasteiger partial charge in [-0.15, -0.1) is 0 Å². The second kappa shape index (κ2) is 6.01. The maximum atomic E-state index is 11.3. The molecule has 6 nitrogen and oxygen atoms in total. The van der Waals surface area contributed by atoms with E-state index in [0.29, 0.717) is 17.1 Å². The van der Waals surface area contributed by atoms with Crippen molar-refractivity contribution in [3.63, 3.8) is 0 Å². The molecule has 6 heteroatoms. The fraction of sp³-hybridized carbons (Fsp3) is 0.200. The molecular weight excluding hydrogens is 268 g/mol. The lowest BCUT2D eigenvalue weighted by Crippen LogP contribution is -2.10. The van der Waals surface area contributed by atoms with E-state index in [1.54, 1.807) is 24.3 Å². The lowest BCUT2D eigenvalue weighted by Gasteiger charge is -2.12. The minimum atomic E-state index is -1.14. The van der Waals surface area contributed by atoms with Crippen molar-refractivity contribution >= 4 is 17.3 Å². The average molecular weight is 282 g/mol. The third-order valence-electron chi connectivity index (χ3n) is 2.84. The molecule has 2 rings (SSSR count). The van der Waals surface area contributed by atoms with Crippen LogP contribution in [-0.4, -0.2) is 21.0 Å². The zero-order chi connectivity index (χ0) is 15.4. The summed E-state index contributed by atoms with van der Waals surface area (Å²) in [5.74, 6) is -0.647. The Morgan fingerprint density at radius 3 is 2.67 bits per heavy atom. The number of rotatable bonds is 4. The molecule has 0 amide bonds. The van der Waals surface area contributed by atoms with Gasteiger partial charge in [0.2, 0.25) is 0 Å². The minimum absolute atomic E-state index is 0.0311. The summed E-state index contributed by atoms with van der Waals surface area (Å²) >= 11 is 0. The summed E-state index contributed by atoms with van der Waals surface area (Å²) in [6.45, 7) is 3.78. The molecular formula is C15H14N4O2. The molecule has 21 heavy (non-hydrogen) atoms. The molecule has 0 aliphatic rings. The van der Waals surface area contributed by atoms with Gasteiger partial charge >= 0.3 is 5.97 Å². The van der Waals surface area contributed by atoms with Gasteiger partial charge in [-0.25, -0.2) is 14.8 Å². The lowest BCUT2D eigenvalue weighted by molar-refractivity contribution is 0.0691. The van der Waals surface area contributed by atoms with Crippen molar-refractivity contribution in [2.24, 2.45) is 0 Å². The molecule has 106 valence electrons. The summed E-state index contributed by atoms with van der Waals surface area (Å²) in [5, 5.41) is 21.2. The molecule has 2 aromatic rings. The molecule has 0 radical (unpaired) electrons. The van der Waals surface area contributed by atoms with Gasteiger partial charge in [0, 0.05) is 5.92 Å². The van der Waals surface area contributed by atoms with Crippen molar-refractivity contribution in [2.45, 2.75) is 19.8 Å². The molecule has 0 spiro atoms. The Bertz CT molecular complexity index is 720. The number of nitriles is 1. The van der Waals surface area contributed by atoms with Crippen LogP contribution in [0.1, 0.15) is 41.6 Å². The first-order valence-corrected chi connectivity index (χ1v) is 6.39. The molecule has 0 unspecified atom stereocenters. The lowest BCUT2D eigenvalue weighted by atomic mass is 10.1. The zero-order valence-corrected chi connectivity index (χ0v) is 11.7. The summed E-state index contributed by atoms with van der Waals surface area (Å²) in [7, 11) is 0. The van der Waals surface area contributed by atoms with Crippen LogP contribution in [0.4, 0.5) is 11.4 Å². The van der Waals surface area contributed by atoms with Gasteiger partial charge in [0.25, 0.3) is 0 Å². The highest BCUT2D eigenvalue weighted by Crippen LogP contribution is 2.23. The molecule has 1 aromatic heterocycles. The fourth-order valence-electron chi connectivity index (χ4n) is 1.76. The maximum Gasteiger partial charge on any atom is 0.356 e. The Morgan fingerprint density at radius 2 is 2.05 bits per heavy atom. The largest absolute Gasteiger partial charge is 0.476 e. The summed E-state index contributed by atoms with van der Waals surface area (Å²) in [4.78, 5) is 19.6. The van der Waals surface area contributed by atoms with Crippen molar-refractivity contribution < 1.29 is 9.90 Å². The fourth-order valence-corrected chi connectivity index (χ4v) is 1.76. The van der Waals surface area contributed by atoms with E-state index in [9.17, 15) is 9.90 Å². The number of nitrogens with one attached hydrogen (secondary N) is 1. The van der Waals surface area contributed by atoms with E-state index in [1.165, 1.54) is 6.20 Å². The van der Waals surface area contributed by atoms with Crippen LogP contribution in [-0.2, 0) is 0 Å². The van der Waals surface area contributed by atoms with Crippen molar-refractivity contribution in [1.29, 1.82) is 5.26 Å². The molecule has 0 aliphatic carbocycles. The van der Waals surface area contributed by atoms with E-state index in [0.717, 1.165) is 0 Å². The van der Waals surface area contributed by atoms with E-state index >= 15 is 0 Å². The Balaban J connectivity index is 2.45. The number of carbonyl (C=O) groups is 1. The molecule has 2 N–H and O–H groups in total. The van der Waals surface area contributed by atoms with Crippen molar-refractivity contribution in [2.75, 3.05) is 5.32 Å². The van der Waals surface area contributed by atoms with E-state index in [1.807, 2.05) is 19.9 Å². The molecule has 0 saturated carbocycles. The van der Waals surface area contributed by atoms with E-state index in [4.69, 9.17) is 5.26 Å². The number of hydrogen-bond acceptors (Lipinski definition) is 5. The molecule has 1 aromatic carbocycles. The number of anilines is 2. The van der Waals surface area contributed by atoms with Crippen molar-refractivity contribution in [1.82, 2.24) is 9.97 Å². The summed E-state index contributed by atoms with van der Waals surface area (Å²) in [6.07, 6.45) is 1.43. The second-order valence-electron chi connectivity index (χ2n) is 4.73. The number of aromatic carboxylic acids is 1. The standard InChI is InChI=1S/C15H14N4O2/c1-9(2)14-17-8-12(13(19-14)15(20)21)18-11-6-4-3-5-10(11)7-16/h3-6,8-9,18H,1-2H3,(H,20,21). The number of aromatic nitrogens is 2. The first-order chi connectivity index (χ1) is 10.0. The highest BCUT2D eigenvalue weighted by atomic mass is 16.4. The smallest absolute Gasteiger partial charge is 0.356 e. The normalized spacial score (nSPS) is 10.2. The second-order valence-corrected chi connectivity index (χ2v) is 4.73. The summed E-state index contributed by atoms with van der Waals surface area (Å²) in [6, 6.07) is 8.88. The van der Waals surface area contributed by atoms with Crippen LogP contribution in [0.25, 0.3) is 0 Å². The minimum Gasteiger partial charge on any atom is -0.476 e. The van der Waals surface area contributed by atoms with Gasteiger partial charge in [-0.2, -0.15) is 5.26 Å². The van der Waals surface area contributed by atoms with Crippen LogP contribution in [0.15, 0.2) is 30.5 Å². The molecule has 0 atom stereocenters. The SMILES string of the molecule is CC(C)c1ncc(Nc2ccccc2C#N)c(C(=O)O)n1. The van der Waals surface area contributed by atoms with Crippen LogP contribution in [0.2, 0.25) is 0 Å². The number of para-hydroxylation sites is 1. The Hall–Kier alpha value is -2.94. The third-order valence-corrected chi connectivity index (χ3v) is 2.84. The first kappa shape index (κ1) is 14.5. The number of carboxylic acids is 1. The molecule has 0 saturated heterocycles. The van der Waals surface area contributed by atoms with Crippen LogP contribution in [0.3, 0.4) is 0 Å². The van der Waals surface area contributed by atoms with Gasteiger partial charge < -0.3 is 10.4 Å². The van der Waals surface area contributed by atoms with Gasteiger partial charge in [-0.3, -0.25) is 0 Å². The Kier molecular flexibility index (Phi) is 4.14.